The molecular formula is C17H11F4N3O. The first kappa shape index (κ1) is 18.4. The van der Waals surface area contributed by atoms with E-state index in [-0.39, 0.29) is 0 Å². The third kappa shape index (κ3) is 3.30. The maximum Gasteiger partial charge on any atom is 0.321 e. The minimum absolute atomic E-state index is 0.336. The highest BCUT2D eigenvalue weighted by atomic mass is 19.3. The third-order valence-electron chi connectivity index (χ3n) is 3.69. The predicted molar refractivity (Wildman–Crippen MR) is 77.7 cm³/mol. The molecule has 2 aromatic rings. The maximum atomic E-state index is 15.0. The highest BCUT2D eigenvalue weighted by Gasteiger charge is 2.58. The molecule has 1 atom stereocenters. The van der Waals surface area contributed by atoms with Crippen LogP contribution in [-0.2, 0) is 11.5 Å². The van der Waals surface area contributed by atoms with E-state index >= 15 is 8.78 Å². The summed E-state index contributed by atoms with van der Waals surface area (Å²) in [5, 5.41) is 28.5. The van der Waals surface area contributed by atoms with E-state index in [0.717, 1.165) is 12.3 Å². The molecule has 2 rings (SSSR count). The summed E-state index contributed by atoms with van der Waals surface area (Å²) in [7, 11) is 0. The van der Waals surface area contributed by atoms with Crippen LogP contribution in [0.15, 0.2) is 42.6 Å². The summed E-state index contributed by atoms with van der Waals surface area (Å²) >= 11 is 0. The molecule has 0 saturated carbocycles. The monoisotopic (exact) mass is 349 g/mol. The Hall–Kier alpha value is -2.97. The van der Waals surface area contributed by atoms with Crippen molar-refractivity contribution in [1.29, 1.82) is 10.5 Å². The number of nitrogens with zero attached hydrogens (tertiary/aromatic N) is 3. The summed E-state index contributed by atoms with van der Waals surface area (Å²) in [5.74, 6) is -8.25. The molecule has 8 heteroatoms. The van der Waals surface area contributed by atoms with E-state index in [0.29, 0.717) is 18.2 Å². The second kappa shape index (κ2) is 6.88. The van der Waals surface area contributed by atoms with Crippen molar-refractivity contribution in [2.24, 2.45) is 5.92 Å². The molecule has 0 bridgehead atoms. The summed E-state index contributed by atoms with van der Waals surface area (Å²) < 4.78 is 57.3. The van der Waals surface area contributed by atoms with Gasteiger partial charge >= 0.3 is 5.92 Å². The van der Waals surface area contributed by atoms with E-state index in [1.807, 2.05) is 0 Å². The summed E-state index contributed by atoms with van der Waals surface area (Å²) in [6, 6.07) is 8.14. The van der Waals surface area contributed by atoms with E-state index < -0.39 is 46.8 Å². The second-order valence-electron chi connectivity index (χ2n) is 5.29. The Bertz CT molecular complexity index is 831. The normalized spacial score (nSPS) is 13.8. The smallest absolute Gasteiger partial charge is 0.321 e. The van der Waals surface area contributed by atoms with Gasteiger partial charge in [0.2, 0.25) is 0 Å². The van der Waals surface area contributed by atoms with Gasteiger partial charge in [-0.1, -0.05) is 12.1 Å². The van der Waals surface area contributed by atoms with Crippen molar-refractivity contribution in [2.45, 2.75) is 17.9 Å². The summed E-state index contributed by atoms with van der Waals surface area (Å²) in [5.41, 5.74) is -5.09. The zero-order valence-electron chi connectivity index (χ0n) is 12.6. The molecule has 0 radical (unpaired) electrons. The van der Waals surface area contributed by atoms with Gasteiger partial charge in [0, 0.05) is 24.2 Å². The minimum atomic E-state index is -4.15. The predicted octanol–water partition coefficient (Wildman–Crippen LogP) is 3.39. The first-order valence-electron chi connectivity index (χ1n) is 7.02. The summed E-state index contributed by atoms with van der Waals surface area (Å²) in [4.78, 5) is 3.48. The van der Waals surface area contributed by atoms with Crippen molar-refractivity contribution in [2.75, 3.05) is 0 Å². The van der Waals surface area contributed by atoms with Crippen LogP contribution in [0.1, 0.15) is 17.7 Å². The lowest BCUT2D eigenvalue weighted by molar-refractivity contribution is -0.204. The number of benzene rings is 1. The molecule has 1 aromatic heterocycles. The van der Waals surface area contributed by atoms with Crippen LogP contribution in [0.25, 0.3) is 0 Å². The Morgan fingerprint density at radius 2 is 1.80 bits per heavy atom. The number of hydrogen-bond acceptors (Lipinski definition) is 4. The Morgan fingerprint density at radius 3 is 2.32 bits per heavy atom. The molecule has 0 aliphatic carbocycles. The highest BCUT2D eigenvalue weighted by Crippen LogP contribution is 2.48. The lowest BCUT2D eigenvalue weighted by Crippen LogP contribution is -2.45. The van der Waals surface area contributed by atoms with Crippen molar-refractivity contribution >= 4 is 0 Å². The first-order valence-corrected chi connectivity index (χ1v) is 7.02. The number of alkyl halides is 2. The van der Waals surface area contributed by atoms with Gasteiger partial charge in [-0.2, -0.15) is 19.3 Å². The maximum absolute atomic E-state index is 15.0. The van der Waals surface area contributed by atoms with Gasteiger partial charge in [-0.05, 0) is 18.2 Å². The number of rotatable bonds is 5. The Labute approximate surface area is 140 Å². The lowest BCUT2D eigenvalue weighted by Gasteiger charge is -2.36. The van der Waals surface area contributed by atoms with E-state index in [1.54, 1.807) is 0 Å². The molecule has 0 aliphatic heterocycles. The van der Waals surface area contributed by atoms with Crippen LogP contribution < -0.4 is 0 Å². The highest BCUT2D eigenvalue weighted by molar-refractivity contribution is 5.32. The number of halogens is 4. The average Bonchev–Trinajstić information content (AvgIpc) is 2.60. The first-order chi connectivity index (χ1) is 11.8. The van der Waals surface area contributed by atoms with Crippen LogP contribution in [0.2, 0.25) is 0 Å². The van der Waals surface area contributed by atoms with E-state index in [9.17, 15) is 13.9 Å². The van der Waals surface area contributed by atoms with Crippen molar-refractivity contribution in [3.05, 3.63) is 65.5 Å². The topological polar surface area (TPSA) is 80.7 Å². The van der Waals surface area contributed by atoms with Gasteiger partial charge in [0.05, 0.1) is 12.1 Å². The van der Waals surface area contributed by atoms with Gasteiger partial charge in [0.15, 0.2) is 5.60 Å². The molecule has 0 saturated heterocycles. The third-order valence-corrected chi connectivity index (χ3v) is 3.69. The van der Waals surface area contributed by atoms with Gasteiger partial charge < -0.3 is 5.11 Å². The van der Waals surface area contributed by atoms with Gasteiger partial charge in [-0.15, -0.1) is 0 Å². The number of aliphatic hydroxyl groups is 1. The Kier molecular flexibility index (Phi) is 5.05. The fraction of sp³-hybridized carbons (Fsp3) is 0.235. The van der Waals surface area contributed by atoms with Gasteiger partial charge in [0.1, 0.15) is 23.2 Å². The van der Waals surface area contributed by atoms with E-state index in [1.165, 1.54) is 24.3 Å². The number of pyridine rings is 1. The van der Waals surface area contributed by atoms with Crippen LogP contribution >= 0.6 is 0 Å². The SMILES string of the molecule is N#CC(C#N)CC(O)(c1ccc(F)cc1F)C(F)(F)c1ccccn1. The number of aromatic nitrogens is 1. The number of hydrogen-bond donors (Lipinski definition) is 1. The summed E-state index contributed by atoms with van der Waals surface area (Å²) in [6.45, 7) is 0. The largest absolute Gasteiger partial charge is 0.378 e. The zero-order valence-corrected chi connectivity index (χ0v) is 12.6. The van der Waals surface area contributed by atoms with E-state index in [4.69, 9.17) is 10.5 Å². The van der Waals surface area contributed by atoms with Crippen LogP contribution in [0, 0.1) is 40.2 Å². The van der Waals surface area contributed by atoms with Crippen molar-refractivity contribution in [1.82, 2.24) is 4.98 Å². The molecule has 1 N–H and O–H groups in total. The quantitative estimate of drug-likeness (QED) is 0.839. The fourth-order valence-electron chi connectivity index (χ4n) is 2.41. The van der Waals surface area contributed by atoms with Crippen molar-refractivity contribution in [3.8, 4) is 12.1 Å². The van der Waals surface area contributed by atoms with Crippen molar-refractivity contribution < 1.29 is 22.7 Å². The van der Waals surface area contributed by atoms with Crippen LogP contribution in [0.3, 0.4) is 0 Å². The molecular weight excluding hydrogens is 338 g/mol. The molecule has 1 aromatic carbocycles. The Morgan fingerprint density at radius 1 is 1.12 bits per heavy atom. The standard InChI is InChI=1S/C17H11F4N3O/c18-12-4-5-13(14(19)7-12)16(25,8-11(9-22)10-23)17(20,21)15-3-1-2-6-24-15/h1-7,11,25H,8H2. The molecule has 1 heterocycles. The minimum Gasteiger partial charge on any atom is -0.378 e. The average molecular weight is 349 g/mol. The zero-order chi connectivity index (χ0) is 18.7. The summed E-state index contributed by atoms with van der Waals surface area (Å²) in [6.07, 6.45) is -0.0388. The molecule has 0 aliphatic rings. The molecule has 4 nitrogen and oxygen atoms in total. The van der Waals surface area contributed by atoms with Gasteiger partial charge in [-0.3, -0.25) is 4.98 Å². The van der Waals surface area contributed by atoms with Crippen LogP contribution in [0.4, 0.5) is 17.6 Å². The number of nitriles is 2. The van der Waals surface area contributed by atoms with E-state index in [2.05, 4.69) is 4.98 Å². The van der Waals surface area contributed by atoms with Crippen LogP contribution in [-0.4, -0.2) is 10.1 Å². The molecule has 0 amide bonds. The molecule has 128 valence electrons. The van der Waals surface area contributed by atoms with Crippen LogP contribution in [0.5, 0.6) is 0 Å². The molecule has 0 spiro atoms. The molecule has 1 unspecified atom stereocenters. The molecule has 25 heavy (non-hydrogen) atoms. The van der Waals surface area contributed by atoms with Gasteiger partial charge in [-0.25, -0.2) is 8.78 Å². The van der Waals surface area contributed by atoms with Crippen molar-refractivity contribution in [3.63, 3.8) is 0 Å². The van der Waals surface area contributed by atoms with Gasteiger partial charge in [0.25, 0.3) is 0 Å². The fourth-order valence-corrected chi connectivity index (χ4v) is 2.41. The lowest BCUT2D eigenvalue weighted by atomic mass is 9.78. The Balaban J connectivity index is 2.68. The second-order valence-corrected chi connectivity index (χ2v) is 5.29. The molecule has 0 fully saturated rings.